The molecule has 2 aromatic carbocycles. The molecule has 0 bridgehead atoms. The van der Waals surface area contributed by atoms with E-state index < -0.39 is 4.92 Å². The third-order valence-electron chi connectivity index (χ3n) is 6.71. The lowest BCUT2D eigenvalue weighted by Crippen LogP contribution is -2.48. The van der Waals surface area contributed by atoms with Crippen molar-refractivity contribution in [1.82, 2.24) is 19.7 Å². The molecule has 1 aliphatic heterocycles. The van der Waals surface area contributed by atoms with Gasteiger partial charge in [-0.3, -0.25) is 19.5 Å². The lowest BCUT2D eigenvalue weighted by atomic mass is 10.2. The van der Waals surface area contributed by atoms with Crippen LogP contribution in [0.4, 0.5) is 11.4 Å². The summed E-state index contributed by atoms with van der Waals surface area (Å²) in [5, 5.41) is 20.5. The number of aromatic nitrogens is 3. The molecule has 0 atom stereocenters. The summed E-state index contributed by atoms with van der Waals surface area (Å²) < 4.78 is 7.62. The third kappa shape index (κ3) is 6.31. The number of hydrogen-bond donors (Lipinski definition) is 0. The van der Waals surface area contributed by atoms with E-state index in [0.717, 1.165) is 40.7 Å². The van der Waals surface area contributed by atoms with E-state index in [1.165, 1.54) is 12.1 Å². The molecular weight excluding hydrogens is 516 g/mol. The minimum atomic E-state index is -0.397. The van der Waals surface area contributed by atoms with Gasteiger partial charge in [-0.2, -0.15) is 0 Å². The Bertz CT molecular complexity index is 1410. The summed E-state index contributed by atoms with van der Waals surface area (Å²) in [5.74, 6) is 2.32. The molecule has 0 radical (unpaired) electrons. The number of non-ortho nitro benzene ring substituents is 1. The highest BCUT2D eigenvalue weighted by molar-refractivity contribution is 7.99. The number of amides is 1. The molecule has 3 heterocycles. The number of piperazine rings is 1. The molecular formula is C28H30N6O4S. The van der Waals surface area contributed by atoms with Gasteiger partial charge >= 0.3 is 0 Å². The van der Waals surface area contributed by atoms with Crippen LogP contribution in [0.1, 0.15) is 24.8 Å². The van der Waals surface area contributed by atoms with Crippen LogP contribution in [0, 0.1) is 17.0 Å². The van der Waals surface area contributed by atoms with Gasteiger partial charge in [0.1, 0.15) is 0 Å². The summed E-state index contributed by atoms with van der Waals surface area (Å²) in [5.41, 5.74) is 3.16. The van der Waals surface area contributed by atoms with Gasteiger partial charge in [-0.15, -0.1) is 10.2 Å². The van der Waals surface area contributed by atoms with Gasteiger partial charge in [0.25, 0.3) is 5.69 Å². The molecule has 0 aliphatic carbocycles. The number of nitro benzene ring substituents is 1. The number of furan rings is 1. The maximum absolute atomic E-state index is 12.8. The summed E-state index contributed by atoms with van der Waals surface area (Å²) >= 11 is 1.63. The van der Waals surface area contributed by atoms with Crippen LogP contribution >= 0.6 is 11.8 Å². The second-order valence-electron chi connectivity index (χ2n) is 9.40. The van der Waals surface area contributed by atoms with Crippen LogP contribution in [-0.4, -0.2) is 62.4 Å². The van der Waals surface area contributed by atoms with Crippen molar-refractivity contribution in [2.24, 2.45) is 0 Å². The van der Waals surface area contributed by atoms with Gasteiger partial charge in [-0.1, -0.05) is 23.9 Å². The zero-order valence-corrected chi connectivity index (χ0v) is 22.5. The van der Waals surface area contributed by atoms with Crippen molar-refractivity contribution in [1.29, 1.82) is 0 Å². The molecule has 1 amide bonds. The Morgan fingerprint density at radius 1 is 1.00 bits per heavy atom. The Hall–Kier alpha value is -4.12. The van der Waals surface area contributed by atoms with E-state index in [1.807, 2.05) is 33.7 Å². The number of thioether (sulfide) groups is 1. The standard InChI is InChI=1S/C28H30N6O4S/c1-21-6-4-7-24(20-21)33-27(25-8-5-18-38-25)29-30-28(33)39-19-3-2-9-26(35)32-16-14-31(15-17-32)22-10-12-23(13-11-22)34(36)37/h4-8,10-13,18,20H,2-3,9,14-17,19H2,1H3. The fraction of sp³-hybridized carbons (Fsp3) is 0.321. The molecule has 1 aliphatic rings. The monoisotopic (exact) mass is 546 g/mol. The summed E-state index contributed by atoms with van der Waals surface area (Å²) in [6.07, 6.45) is 3.83. The second-order valence-corrected chi connectivity index (χ2v) is 10.5. The maximum Gasteiger partial charge on any atom is 0.269 e. The Balaban J connectivity index is 1.10. The average molecular weight is 547 g/mol. The topological polar surface area (TPSA) is 111 Å². The van der Waals surface area contributed by atoms with Crippen LogP contribution in [0.3, 0.4) is 0 Å². The predicted octanol–water partition coefficient (Wildman–Crippen LogP) is 5.36. The Labute approximate surface area is 230 Å². The molecule has 202 valence electrons. The first-order valence-corrected chi connectivity index (χ1v) is 13.9. The van der Waals surface area contributed by atoms with E-state index in [0.29, 0.717) is 44.2 Å². The van der Waals surface area contributed by atoms with E-state index in [-0.39, 0.29) is 11.6 Å². The minimum absolute atomic E-state index is 0.0825. The maximum atomic E-state index is 12.8. The van der Waals surface area contributed by atoms with Crippen molar-refractivity contribution >= 4 is 29.0 Å². The van der Waals surface area contributed by atoms with Crippen LogP contribution < -0.4 is 4.90 Å². The van der Waals surface area contributed by atoms with Crippen LogP contribution in [0.25, 0.3) is 17.3 Å². The minimum Gasteiger partial charge on any atom is -0.461 e. The lowest BCUT2D eigenvalue weighted by Gasteiger charge is -2.36. The largest absolute Gasteiger partial charge is 0.461 e. The van der Waals surface area contributed by atoms with Crippen LogP contribution in [-0.2, 0) is 4.79 Å². The molecule has 1 saturated heterocycles. The fourth-order valence-electron chi connectivity index (χ4n) is 4.63. The molecule has 1 fully saturated rings. The number of carbonyl (C=O) groups is 1. The van der Waals surface area contributed by atoms with Crippen molar-refractivity contribution in [2.75, 3.05) is 36.8 Å². The molecule has 0 N–H and O–H groups in total. The average Bonchev–Trinajstić information content (AvgIpc) is 3.63. The molecule has 39 heavy (non-hydrogen) atoms. The predicted molar refractivity (Wildman–Crippen MR) is 150 cm³/mol. The number of nitro groups is 1. The van der Waals surface area contributed by atoms with Gasteiger partial charge in [-0.25, -0.2) is 0 Å². The van der Waals surface area contributed by atoms with E-state index in [9.17, 15) is 14.9 Å². The fourth-order valence-corrected chi connectivity index (χ4v) is 5.58. The summed E-state index contributed by atoms with van der Waals surface area (Å²) in [6.45, 7) is 4.79. The lowest BCUT2D eigenvalue weighted by molar-refractivity contribution is -0.384. The van der Waals surface area contributed by atoms with Crippen molar-refractivity contribution in [3.8, 4) is 17.3 Å². The number of aryl methyl sites for hydroxylation is 1. The first kappa shape index (κ1) is 26.5. The molecule has 2 aromatic heterocycles. The van der Waals surface area contributed by atoms with E-state index in [4.69, 9.17) is 4.42 Å². The zero-order valence-electron chi connectivity index (χ0n) is 21.7. The van der Waals surface area contributed by atoms with E-state index >= 15 is 0 Å². The van der Waals surface area contributed by atoms with Crippen molar-refractivity contribution < 1.29 is 14.1 Å². The number of carbonyl (C=O) groups excluding carboxylic acids is 1. The van der Waals surface area contributed by atoms with Gasteiger partial charge in [0, 0.05) is 56.2 Å². The van der Waals surface area contributed by atoms with Crippen molar-refractivity contribution in [3.63, 3.8) is 0 Å². The highest BCUT2D eigenvalue weighted by Gasteiger charge is 2.22. The summed E-state index contributed by atoms with van der Waals surface area (Å²) in [4.78, 5) is 27.3. The van der Waals surface area contributed by atoms with Gasteiger partial charge in [0.2, 0.25) is 11.7 Å². The van der Waals surface area contributed by atoms with Crippen LogP contribution in [0.15, 0.2) is 76.5 Å². The number of unbranched alkanes of at least 4 members (excludes halogenated alkanes) is 1. The normalized spacial score (nSPS) is 13.6. The highest BCUT2D eigenvalue weighted by Crippen LogP contribution is 2.29. The molecule has 11 heteroatoms. The number of rotatable bonds is 10. The molecule has 5 rings (SSSR count). The molecule has 0 saturated carbocycles. The van der Waals surface area contributed by atoms with Crippen LogP contribution in [0.5, 0.6) is 0 Å². The van der Waals surface area contributed by atoms with Crippen molar-refractivity contribution in [3.05, 3.63) is 82.6 Å². The Morgan fingerprint density at radius 2 is 1.79 bits per heavy atom. The Morgan fingerprint density at radius 3 is 2.49 bits per heavy atom. The smallest absolute Gasteiger partial charge is 0.269 e. The number of anilines is 1. The number of benzene rings is 2. The molecule has 10 nitrogen and oxygen atoms in total. The summed E-state index contributed by atoms with van der Waals surface area (Å²) in [7, 11) is 0. The quantitative estimate of drug-likeness (QED) is 0.113. The molecule has 4 aromatic rings. The van der Waals surface area contributed by atoms with Gasteiger partial charge in [0.05, 0.1) is 16.9 Å². The Kier molecular flexibility index (Phi) is 8.26. The molecule has 0 spiro atoms. The second kappa shape index (κ2) is 12.2. The number of nitrogens with zero attached hydrogens (tertiary/aromatic N) is 6. The zero-order chi connectivity index (χ0) is 27.2. The van der Waals surface area contributed by atoms with E-state index in [2.05, 4.69) is 34.2 Å². The van der Waals surface area contributed by atoms with Crippen molar-refractivity contribution in [2.45, 2.75) is 31.3 Å². The highest BCUT2D eigenvalue weighted by atomic mass is 32.2. The van der Waals surface area contributed by atoms with Gasteiger partial charge < -0.3 is 14.2 Å². The van der Waals surface area contributed by atoms with Gasteiger partial charge in [0.15, 0.2) is 10.9 Å². The first-order chi connectivity index (χ1) is 19.0. The summed E-state index contributed by atoms with van der Waals surface area (Å²) in [6, 6.07) is 18.5. The van der Waals surface area contributed by atoms with Gasteiger partial charge in [-0.05, 0) is 61.7 Å². The van der Waals surface area contributed by atoms with E-state index in [1.54, 1.807) is 30.2 Å². The number of hydrogen-bond acceptors (Lipinski definition) is 8. The first-order valence-electron chi connectivity index (χ1n) is 13.0. The molecule has 0 unspecified atom stereocenters. The SMILES string of the molecule is Cc1cccc(-n2c(SCCCCC(=O)N3CCN(c4ccc([N+](=O)[O-])cc4)CC3)nnc2-c2ccco2)c1. The van der Waals surface area contributed by atoms with Crippen LogP contribution in [0.2, 0.25) is 0 Å². The third-order valence-corrected chi connectivity index (χ3v) is 7.72.